The molecule has 2 rings (SSSR count). The third kappa shape index (κ3) is 2.39. The van der Waals surface area contributed by atoms with E-state index in [-0.39, 0.29) is 4.60 Å². The van der Waals surface area contributed by atoms with Crippen LogP contribution in [0.25, 0.3) is 0 Å². The largest absolute Gasteiger partial charge is 0.238 e. The predicted molar refractivity (Wildman–Crippen MR) is 63.9 cm³/mol. The quantitative estimate of drug-likeness (QED) is 0.792. The smallest absolute Gasteiger partial charge is 0.177 e. The van der Waals surface area contributed by atoms with Crippen molar-refractivity contribution in [2.24, 2.45) is 0 Å². The molecule has 0 aliphatic heterocycles. The van der Waals surface area contributed by atoms with Crippen LogP contribution in [0.3, 0.4) is 0 Å². The second-order valence-corrected chi connectivity index (χ2v) is 4.35. The normalized spacial score (nSPS) is 10.4. The van der Waals surface area contributed by atoms with Crippen LogP contribution >= 0.6 is 27.5 Å². The van der Waals surface area contributed by atoms with Gasteiger partial charge >= 0.3 is 0 Å². The zero-order valence-corrected chi connectivity index (χ0v) is 10.5. The van der Waals surface area contributed by atoms with Gasteiger partial charge in [-0.25, -0.2) is 14.4 Å². The van der Waals surface area contributed by atoms with Gasteiger partial charge < -0.3 is 0 Å². The summed E-state index contributed by atoms with van der Waals surface area (Å²) < 4.78 is 13.8. The molecule has 0 unspecified atom stereocenters. The number of hydrogen-bond acceptors (Lipinski definition) is 2. The number of aromatic nitrogens is 2. The first-order valence-corrected chi connectivity index (χ1v) is 5.74. The Kier molecular flexibility index (Phi) is 3.51. The Morgan fingerprint density at radius 1 is 1.25 bits per heavy atom. The summed E-state index contributed by atoms with van der Waals surface area (Å²) in [5, 5.41) is 0.608. The van der Waals surface area contributed by atoms with Gasteiger partial charge in [0.05, 0.1) is 5.69 Å². The van der Waals surface area contributed by atoms with E-state index in [2.05, 4.69) is 25.9 Å². The van der Waals surface area contributed by atoms with Crippen LogP contribution in [0.2, 0.25) is 5.02 Å². The minimum atomic E-state index is -0.442. The van der Waals surface area contributed by atoms with Crippen molar-refractivity contribution in [1.29, 1.82) is 0 Å². The van der Waals surface area contributed by atoms with Crippen molar-refractivity contribution in [2.75, 3.05) is 0 Å². The molecule has 2 nitrogen and oxygen atoms in total. The van der Waals surface area contributed by atoms with E-state index >= 15 is 0 Å². The molecule has 0 aliphatic rings. The van der Waals surface area contributed by atoms with Crippen LogP contribution in [0.1, 0.15) is 11.3 Å². The highest BCUT2D eigenvalue weighted by molar-refractivity contribution is 9.10. The van der Waals surface area contributed by atoms with Crippen LogP contribution in [0.15, 0.2) is 35.2 Å². The molecular weight excluding hydrogens is 294 g/mol. The third-order valence-electron chi connectivity index (χ3n) is 2.13. The molecule has 0 saturated carbocycles. The van der Waals surface area contributed by atoms with E-state index in [9.17, 15) is 4.39 Å². The fraction of sp³-hybridized carbons (Fsp3) is 0.0909. The lowest BCUT2D eigenvalue weighted by Gasteiger charge is -2.04. The van der Waals surface area contributed by atoms with Gasteiger partial charge in [-0.05, 0) is 27.6 Å². The van der Waals surface area contributed by atoms with Crippen LogP contribution in [-0.2, 0) is 6.42 Å². The Morgan fingerprint density at radius 3 is 2.75 bits per heavy atom. The van der Waals surface area contributed by atoms with Crippen LogP contribution < -0.4 is 0 Å². The molecule has 0 bridgehead atoms. The highest BCUT2D eigenvalue weighted by atomic mass is 79.9. The van der Waals surface area contributed by atoms with Gasteiger partial charge in [0.15, 0.2) is 5.82 Å². The molecule has 5 heteroatoms. The van der Waals surface area contributed by atoms with Crippen molar-refractivity contribution < 1.29 is 4.39 Å². The molecule has 1 aromatic carbocycles. The van der Waals surface area contributed by atoms with Crippen molar-refractivity contribution in [3.05, 3.63) is 57.3 Å². The van der Waals surface area contributed by atoms with Crippen molar-refractivity contribution in [3.63, 3.8) is 0 Å². The van der Waals surface area contributed by atoms with Crippen LogP contribution in [-0.4, -0.2) is 9.97 Å². The van der Waals surface area contributed by atoms with Gasteiger partial charge in [0, 0.05) is 11.4 Å². The lowest BCUT2D eigenvalue weighted by atomic mass is 10.1. The molecule has 0 amide bonds. The minimum absolute atomic E-state index is 0.171. The fourth-order valence-electron chi connectivity index (χ4n) is 1.33. The second kappa shape index (κ2) is 4.89. The molecule has 0 fully saturated rings. The Hall–Kier alpha value is -1.00. The van der Waals surface area contributed by atoms with Gasteiger partial charge in [0.2, 0.25) is 0 Å². The van der Waals surface area contributed by atoms with Gasteiger partial charge in [-0.15, -0.1) is 0 Å². The number of hydrogen-bond donors (Lipinski definition) is 0. The van der Waals surface area contributed by atoms with E-state index in [1.807, 2.05) is 18.2 Å². The molecule has 0 N–H and O–H groups in total. The highest BCUT2D eigenvalue weighted by Gasteiger charge is 2.10. The predicted octanol–water partition coefficient (Wildman–Crippen LogP) is 3.62. The molecule has 0 saturated heterocycles. The number of benzene rings is 1. The summed E-state index contributed by atoms with van der Waals surface area (Å²) in [7, 11) is 0. The van der Waals surface area contributed by atoms with Crippen LogP contribution in [0.5, 0.6) is 0 Å². The lowest BCUT2D eigenvalue weighted by molar-refractivity contribution is 0.587. The lowest BCUT2D eigenvalue weighted by Crippen LogP contribution is -1.99. The first kappa shape index (κ1) is 11.5. The van der Waals surface area contributed by atoms with Crippen molar-refractivity contribution in [2.45, 2.75) is 6.42 Å². The average Bonchev–Trinajstić information content (AvgIpc) is 2.28. The molecular formula is C11H7BrClFN2. The van der Waals surface area contributed by atoms with Gasteiger partial charge in [0.1, 0.15) is 10.9 Å². The third-order valence-corrected chi connectivity index (χ3v) is 3.06. The summed E-state index contributed by atoms with van der Waals surface area (Å²) in [6.45, 7) is 0. The molecule has 0 aliphatic carbocycles. The average molecular weight is 302 g/mol. The summed E-state index contributed by atoms with van der Waals surface area (Å²) in [6.07, 6.45) is 1.67. The summed E-state index contributed by atoms with van der Waals surface area (Å²) >= 11 is 9.01. The van der Waals surface area contributed by atoms with E-state index < -0.39 is 5.82 Å². The zero-order valence-electron chi connectivity index (χ0n) is 8.12. The van der Waals surface area contributed by atoms with Gasteiger partial charge in [-0.2, -0.15) is 0 Å². The first-order chi connectivity index (χ1) is 7.68. The van der Waals surface area contributed by atoms with E-state index in [0.29, 0.717) is 17.1 Å². The maximum atomic E-state index is 13.6. The molecule has 1 heterocycles. The molecule has 0 atom stereocenters. The molecule has 0 radical (unpaired) electrons. The standard InChI is InChI=1S/C11H7BrClFN2/c12-11-10(14)9(15-6-16-11)5-7-3-1-2-4-8(7)13/h1-4,6H,5H2. The van der Waals surface area contributed by atoms with Gasteiger partial charge in [-0.3, -0.25) is 0 Å². The van der Waals surface area contributed by atoms with E-state index in [1.54, 1.807) is 6.07 Å². The maximum absolute atomic E-state index is 13.6. The van der Waals surface area contributed by atoms with Crippen LogP contribution in [0, 0.1) is 5.82 Å². The fourth-order valence-corrected chi connectivity index (χ4v) is 1.85. The zero-order chi connectivity index (χ0) is 11.5. The number of rotatable bonds is 2. The van der Waals surface area contributed by atoms with Gasteiger partial charge in [0.25, 0.3) is 0 Å². The van der Waals surface area contributed by atoms with Crippen molar-refractivity contribution in [1.82, 2.24) is 9.97 Å². The van der Waals surface area contributed by atoms with Gasteiger partial charge in [-0.1, -0.05) is 29.8 Å². The van der Waals surface area contributed by atoms with Crippen molar-refractivity contribution >= 4 is 27.5 Å². The summed E-state index contributed by atoms with van der Waals surface area (Å²) in [4.78, 5) is 7.60. The van der Waals surface area contributed by atoms with Crippen molar-refractivity contribution in [3.8, 4) is 0 Å². The molecule has 16 heavy (non-hydrogen) atoms. The summed E-state index contributed by atoms with van der Waals surface area (Å²) in [6, 6.07) is 7.30. The van der Waals surface area contributed by atoms with Crippen LogP contribution in [0.4, 0.5) is 4.39 Å². The number of halogens is 3. The molecule has 2 aromatic rings. The SMILES string of the molecule is Fc1c(Br)ncnc1Cc1ccccc1Cl. The van der Waals surface area contributed by atoms with E-state index in [1.165, 1.54) is 6.33 Å². The Bertz CT molecular complexity index is 519. The highest BCUT2D eigenvalue weighted by Crippen LogP contribution is 2.21. The van der Waals surface area contributed by atoms with E-state index in [0.717, 1.165) is 5.56 Å². The monoisotopic (exact) mass is 300 g/mol. The van der Waals surface area contributed by atoms with E-state index in [4.69, 9.17) is 11.6 Å². The Balaban J connectivity index is 2.35. The minimum Gasteiger partial charge on any atom is -0.238 e. The Morgan fingerprint density at radius 2 is 2.00 bits per heavy atom. The Labute approximate surface area is 106 Å². The molecule has 82 valence electrons. The first-order valence-electron chi connectivity index (χ1n) is 4.57. The molecule has 0 spiro atoms. The number of nitrogens with zero attached hydrogens (tertiary/aromatic N) is 2. The molecule has 1 aromatic heterocycles. The maximum Gasteiger partial charge on any atom is 0.177 e. The second-order valence-electron chi connectivity index (χ2n) is 3.19. The topological polar surface area (TPSA) is 25.8 Å². The summed E-state index contributed by atoms with van der Waals surface area (Å²) in [5.74, 6) is -0.442. The summed E-state index contributed by atoms with van der Waals surface area (Å²) in [5.41, 5.74) is 1.17.